The molecule has 0 aliphatic rings. The van der Waals surface area contributed by atoms with Crippen molar-refractivity contribution in [2.45, 2.75) is 26.7 Å². The molecule has 0 aliphatic heterocycles. The van der Waals surface area contributed by atoms with Gasteiger partial charge in [-0.1, -0.05) is 43.7 Å². The highest BCUT2D eigenvalue weighted by Gasteiger charge is 2.25. The number of benzene rings is 1. The number of nitrogens with zero attached hydrogens (tertiary/aromatic N) is 1. The van der Waals surface area contributed by atoms with Gasteiger partial charge in [-0.15, -0.1) is 0 Å². The van der Waals surface area contributed by atoms with E-state index in [4.69, 9.17) is 0 Å². The average Bonchev–Trinajstić information content (AvgIpc) is 2.20. The van der Waals surface area contributed by atoms with Crippen LogP contribution in [-0.2, 0) is 4.79 Å². The maximum Gasteiger partial charge on any atom is 0.229 e. The lowest BCUT2D eigenvalue weighted by Crippen LogP contribution is -2.31. The predicted molar refractivity (Wildman–Crippen MR) is 67.5 cm³/mol. The highest BCUT2D eigenvalue weighted by molar-refractivity contribution is 5.83. The fourth-order valence-corrected chi connectivity index (χ4v) is 1.86. The zero-order valence-corrected chi connectivity index (χ0v) is 10.8. The van der Waals surface area contributed by atoms with Gasteiger partial charge < -0.3 is 4.90 Å². The molecule has 0 heterocycles. The molecular formula is C14H21NO. The smallest absolute Gasteiger partial charge is 0.229 e. The van der Waals surface area contributed by atoms with E-state index in [0.29, 0.717) is 5.92 Å². The quantitative estimate of drug-likeness (QED) is 0.765. The van der Waals surface area contributed by atoms with Crippen molar-refractivity contribution in [1.82, 2.24) is 4.90 Å². The van der Waals surface area contributed by atoms with Crippen molar-refractivity contribution < 1.29 is 4.79 Å². The molecule has 0 saturated carbocycles. The van der Waals surface area contributed by atoms with Crippen molar-refractivity contribution in [2.24, 2.45) is 5.92 Å². The highest BCUT2D eigenvalue weighted by atomic mass is 16.2. The summed E-state index contributed by atoms with van der Waals surface area (Å²) < 4.78 is 0. The van der Waals surface area contributed by atoms with E-state index in [1.807, 2.05) is 14.1 Å². The third-order valence-electron chi connectivity index (χ3n) is 2.81. The molecule has 16 heavy (non-hydrogen) atoms. The number of carbonyl (C=O) groups excluding carboxylic acids is 1. The van der Waals surface area contributed by atoms with E-state index in [1.165, 1.54) is 5.56 Å². The zero-order chi connectivity index (χ0) is 12.3. The number of amides is 1. The lowest BCUT2D eigenvalue weighted by Gasteiger charge is -2.24. The lowest BCUT2D eigenvalue weighted by atomic mass is 9.87. The van der Waals surface area contributed by atoms with Crippen LogP contribution >= 0.6 is 0 Å². The van der Waals surface area contributed by atoms with Gasteiger partial charge in [-0.2, -0.15) is 0 Å². The van der Waals surface area contributed by atoms with Crippen molar-refractivity contribution in [1.29, 1.82) is 0 Å². The molecule has 0 radical (unpaired) electrons. The summed E-state index contributed by atoms with van der Waals surface area (Å²) >= 11 is 0. The first-order chi connectivity index (χ1) is 7.43. The molecule has 1 aromatic carbocycles. The second-order valence-corrected chi connectivity index (χ2v) is 4.87. The molecule has 0 spiro atoms. The van der Waals surface area contributed by atoms with Crippen molar-refractivity contribution in [3.05, 3.63) is 35.4 Å². The van der Waals surface area contributed by atoms with E-state index in [0.717, 1.165) is 5.56 Å². The van der Waals surface area contributed by atoms with Crippen molar-refractivity contribution in [3.63, 3.8) is 0 Å². The second-order valence-electron chi connectivity index (χ2n) is 4.87. The number of carbonyl (C=O) groups is 1. The Balaban J connectivity index is 3.03. The largest absolute Gasteiger partial charge is 0.348 e. The molecule has 1 amide bonds. The Kier molecular flexibility index (Phi) is 4.11. The van der Waals surface area contributed by atoms with Gasteiger partial charge in [0.25, 0.3) is 0 Å². The summed E-state index contributed by atoms with van der Waals surface area (Å²) in [6.07, 6.45) is 0. The molecule has 0 saturated heterocycles. The first-order valence-electron chi connectivity index (χ1n) is 5.71. The minimum absolute atomic E-state index is 0.0319. The van der Waals surface area contributed by atoms with Crippen LogP contribution in [0.25, 0.3) is 0 Å². The second kappa shape index (κ2) is 5.15. The van der Waals surface area contributed by atoms with E-state index in [2.05, 4.69) is 45.0 Å². The molecule has 1 unspecified atom stereocenters. The van der Waals surface area contributed by atoms with Crippen molar-refractivity contribution in [2.75, 3.05) is 14.1 Å². The molecule has 0 N–H and O–H groups in total. The summed E-state index contributed by atoms with van der Waals surface area (Å²) in [6, 6.07) is 8.24. The molecule has 88 valence electrons. The Morgan fingerprint density at radius 1 is 1.12 bits per heavy atom. The Labute approximate surface area is 98.3 Å². The summed E-state index contributed by atoms with van der Waals surface area (Å²) in [5, 5.41) is 0. The maximum absolute atomic E-state index is 12.1. The SMILES string of the molecule is Cc1ccc(C(C(=O)N(C)C)C(C)C)cc1. The molecule has 1 atom stereocenters. The topological polar surface area (TPSA) is 20.3 Å². The van der Waals surface area contributed by atoms with Crippen LogP contribution in [0.3, 0.4) is 0 Å². The molecule has 0 fully saturated rings. The van der Waals surface area contributed by atoms with Gasteiger partial charge in [0.05, 0.1) is 5.92 Å². The van der Waals surface area contributed by atoms with E-state index in [1.54, 1.807) is 4.90 Å². The minimum Gasteiger partial charge on any atom is -0.348 e. The fraction of sp³-hybridized carbons (Fsp3) is 0.500. The molecular weight excluding hydrogens is 198 g/mol. The van der Waals surface area contributed by atoms with Gasteiger partial charge in [-0.25, -0.2) is 0 Å². The van der Waals surface area contributed by atoms with Crippen LogP contribution in [0.1, 0.15) is 30.9 Å². The molecule has 0 aliphatic carbocycles. The summed E-state index contributed by atoms with van der Waals surface area (Å²) in [5.74, 6) is 0.465. The fourth-order valence-electron chi connectivity index (χ4n) is 1.86. The Bertz CT molecular complexity index is 352. The van der Waals surface area contributed by atoms with E-state index in [9.17, 15) is 4.79 Å². The summed E-state index contributed by atoms with van der Waals surface area (Å²) in [6.45, 7) is 6.24. The van der Waals surface area contributed by atoms with Crippen LogP contribution in [0.4, 0.5) is 0 Å². The Morgan fingerprint density at radius 3 is 2.00 bits per heavy atom. The first-order valence-corrected chi connectivity index (χ1v) is 5.71. The lowest BCUT2D eigenvalue weighted by molar-refractivity contribution is -0.131. The van der Waals surface area contributed by atoms with Gasteiger partial charge in [0.15, 0.2) is 0 Å². The third-order valence-corrected chi connectivity index (χ3v) is 2.81. The third kappa shape index (κ3) is 2.84. The predicted octanol–water partition coefficient (Wildman–Crippen LogP) is 2.82. The van der Waals surface area contributed by atoms with E-state index in [-0.39, 0.29) is 11.8 Å². The molecule has 0 aromatic heterocycles. The van der Waals surface area contributed by atoms with E-state index < -0.39 is 0 Å². The monoisotopic (exact) mass is 219 g/mol. The van der Waals surface area contributed by atoms with Gasteiger partial charge in [0, 0.05) is 14.1 Å². The molecule has 2 heteroatoms. The molecule has 1 aromatic rings. The van der Waals surface area contributed by atoms with E-state index >= 15 is 0 Å². The minimum atomic E-state index is -0.0319. The van der Waals surface area contributed by atoms with Gasteiger partial charge in [0.2, 0.25) is 5.91 Å². The van der Waals surface area contributed by atoms with Gasteiger partial charge >= 0.3 is 0 Å². The Morgan fingerprint density at radius 2 is 1.62 bits per heavy atom. The van der Waals surface area contributed by atoms with Crippen LogP contribution in [-0.4, -0.2) is 24.9 Å². The number of rotatable bonds is 3. The van der Waals surface area contributed by atoms with Gasteiger partial charge in [-0.05, 0) is 18.4 Å². The summed E-state index contributed by atoms with van der Waals surface area (Å²) in [5.41, 5.74) is 2.34. The average molecular weight is 219 g/mol. The summed E-state index contributed by atoms with van der Waals surface area (Å²) in [7, 11) is 3.62. The Hall–Kier alpha value is -1.31. The summed E-state index contributed by atoms with van der Waals surface area (Å²) in [4.78, 5) is 13.8. The van der Waals surface area contributed by atoms with Crippen LogP contribution < -0.4 is 0 Å². The maximum atomic E-state index is 12.1. The molecule has 2 nitrogen and oxygen atoms in total. The van der Waals surface area contributed by atoms with Crippen molar-refractivity contribution >= 4 is 5.91 Å². The normalized spacial score (nSPS) is 12.6. The molecule has 0 bridgehead atoms. The van der Waals surface area contributed by atoms with Crippen LogP contribution in [0, 0.1) is 12.8 Å². The van der Waals surface area contributed by atoms with Crippen LogP contribution in [0.15, 0.2) is 24.3 Å². The van der Waals surface area contributed by atoms with Crippen molar-refractivity contribution in [3.8, 4) is 0 Å². The highest BCUT2D eigenvalue weighted by Crippen LogP contribution is 2.26. The first kappa shape index (κ1) is 12.8. The number of hydrogen-bond acceptors (Lipinski definition) is 1. The standard InChI is InChI=1S/C14H21NO/c1-10(2)13(14(16)15(4)5)12-8-6-11(3)7-9-12/h6-10,13H,1-5H3. The number of likely N-dealkylation sites (N-methyl/N-ethyl adjacent to an activating group) is 1. The molecule has 1 rings (SSSR count). The zero-order valence-electron chi connectivity index (χ0n) is 10.8. The number of hydrogen-bond donors (Lipinski definition) is 0. The van der Waals surface area contributed by atoms with Gasteiger partial charge in [0.1, 0.15) is 0 Å². The van der Waals surface area contributed by atoms with Crippen LogP contribution in [0.2, 0.25) is 0 Å². The van der Waals surface area contributed by atoms with Crippen LogP contribution in [0.5, 0.6) is 0 Å². The van der Waals surface area contributed by atoms with Gasteiger partial charge in [-0.3, -0.25) is 4.79 Å². The number of aryl methyl sites for hydroxylation is 1.